The number of rotatable bonds is 8. The van der Waals surface area contributed by atoms with Crippen LogP contribution in [0.1, 0.15) is 25.2 Å². The van der Waals surface area contributed by atoms with Crippen LogP contribution in [-0.4, -0.2) is 26.2 Å². The van der Waals surface area contributed by atoms with Crippen LogP contribution in [0.2, 0.25) is 0 Å². The van der Waals surface area contributed by atoms with Gasteiger partial charge in [0.25, 0.3) is 0 Å². The van der Waals surface area contributed by atoms with Gasteiger partial charge < -0.3 is 19.8 Å². The molecule has 5 nitrogen and oxygen atoms in total. The molecule has 0 unspecified atom stereocenters. The summed E-state index contributed by atoms with van der Waals surface area (Å²) >= 11 is 0. The van der Waals surface area contributed by atoms with E-state index in [1.807, 2.05) is 30.3 Å². The molecule has 0 amide bonds. The average molecular weight is 329 g/mol. The van der Waals surface area contributed by atoms with Crippen LogP contribution in [0.5, 0.6) is 5.75 Å². The van der Waals surface area contributed by atoms with Crippen molar-refractivity contribution in [3.8, 4) is 5.75 Å². The molecule has 2 aromatic rings. The molecule has 5 heteroatoms. The van der Waals surface area contributed by atoms with Crippen molar-refractivity contribution < 1.29 is 9.15 Å². The van der Waals surface area contributed by atoms with Crippen LogP contribution in [0.3, 0.4) is 0 Å². The number of nitrogens with zero attached hydrogens (tertiary/aromatic N) is 1. The first-order valence-corrected chi connectivity index (χ1v) is 8.35. The van der Waals surface area contributed by atoms with E-state index in [-0.39, 0.29) is 0 Å². The molecule has 0 aliphatic heterocycles. The largest absolute Gasteiger partial charge is 0.497 e. The van der Waals surface area contributed by atoms with Crippen molar-refractivity contribution in [1.29, 1.82) is 0 Å². The van der Waals surface area contributed by atoms with Crippen molar-refractivity contribution in [2.24, 2.45) is 10.9 Å². The second-order valence-electron chi connectivity index (χ2n) is 6.05. The Morgan fingerprint density at radius 3 is 2.79 bits per heavy atom. The summed E-state index contributed by atoms with van der Waals surface area (Å²) in [6.07, 6.45) is 2.53. The lowest BCUT2D eigenvalue weighted by Crippen LogP contribution is -2.40. The number of hydrogen-bond donors (Lipinski definition) is 2. The van der Waals surface area contributed by atoms with E-state index in [0.29, 0.717) is 12.5 Å². The molecule has 0 spiro atoms. The summed E-state index contributed by atoms with van der Waals surface area (Å²) in [7, 11) is 1.67. The van der Waals surface area contributed by atoms with Crippen LogP contribution in [0, 0.1) is 5.92 Å². The lowest BCUT2D eigenvalue weighted by Gasteiger charge is -2.14. The highest BCUT2D eigenvalue weighted by atomic mass is 16.5. The van der Waals surface area contributed by atoms with Crippen LogP contribution in [0.4, 0.5) is 0 Å². The summed E-state index contributed by atoms with van der Waals surface area (Å²) < 4.78 is 10.6. The lowest BCUT2D eigenvalue weighted by atomic mass is 10.2. The molecule has 1 aromatic heterocycles. The van der Waals surface area contributed by atoms with Crippen molar-refractivity contribution in [2.75, 3.05) is 20.2 Å². The molecule has 0 atom stereocenters. The van der Waals surface area contributed by atoms with Crippen molar-refractivity contribution >= 4 is 5.96 Å². The van der Waals surface area contributed by atoms with Gasteiger partial charge in [-0.2, -0.15) is 0 Å². The minimum absolute atomic E-state index is 0.555. The van der Waals surface area contributed by atoms with Crippen molar-refractivity contribution in [3.05, 3.63) is 54.0 Å². The molecule has 0 aliphatic carbocycles. The van der Waals surface area contributed by atoms with E-state index >= 15 is 0 Å². The Bertz CT molecular complexity index is 621. The van der Waals surface area contributed by atoms with Gasteiger partial charge in [0.15, 0.2) is 5.96 Å². The Morgan fingerprint density at radius 2 is 2.08 bits per heavy atom. The third-order valence-electron chi connectivity index (χ3n) is 3.48. The van der Waals surface area contributed by atoms with Crippen LogP contribution in [0.15, 0.2) is 52.1 Å². The Balaban J connectivity index is 1.92. The fourth-order valence-corrected chi connectivity index (χ4v) is 2.18. The Hall–Kier alpha value is -2.43. The number of aliphatic imine (C=N–C) groups is 1. The first-order chi connectivity index (χ1) is 11.7. The van der Waals surface area contributed by atoms with Crippen molar-refractivity contribution in [1.82, 2.24) is 10.6 Å². The average Bonchev–Trinajstić information content (AvgIpc) is 3.10. The molecule has 2 N–H and O–H groups in total. The van der Waals surface area contributed by atoms with Crippen molar-refractivity contribution in [2.45, 2.75) is 26.8 Å². The van der Waals surface area contributed by atoms with Crippen LogP contribution in [-0.2, 0) is 13.0 Å². The Morgan fingerprint density at radius 1 is 1.21 bits per heavy atom. The molecule has 1 heterocycles. The molecule has 0 aliphatic rings. The minimum atomic E-state index is 0.555. The molecule has 0 fully saturated rings. The second-order valence-corrected chi connectivity index (χ2v) is 6.05. The summed E-state index contributed by atoms with van der Waals surface area (Å²) in [4.78, 5) is 4.67. The van der Waals surface area contributed by atoms with Gasteiger partial charge in [0.05, 0.1) is 19.9 Å². The first kappa shape index (κ1) is 17.9. The topological polar surface area (TPSA) is 58.8 Å². The number of guanidine groups is 1. The van der Waals surface area contributed by atoms with E-state index in [0.717, 1.165) is 42.5 Å². The van der Waals surface area contributed by atoms with E-state index in [2.05, 4.69) is 35.5 Å². The lowest BCUT2D eigenvalue weighted by molar-refractivity contribution is 0.414. The van der Waals surface area contributed by atoms with Gasteiger partial charge in [0.1, 0.15) is 11.5 Å². The zero-order valence-electron chi connectivity index (χ0n) is 14.7. The Kier molecular flexibility index (Phi) is 7.21. The molecule has 0 saturated carbocycles. The van der Waals surface area contributed by atoms with Crippen LogP contribution >= 0.6 is 0 Å². The maximum absolute atomic E-state index is 5.35. The quantitative estimate of drug-likeness (QED) is 0.577. The van der Waals surface area contributed by atoms with E-state index in [1.54, 1.807) is 13.4 Å². The smallest absolute Gasteiger partial charge is 0.191 e. The van der Waals surface area contributed by atoms with Gasteiger partial charge in [0.2, 0.25) is 0 Å². The molecule has 0 saturated heterocycles. The fraction of sp³-hybridized carbons (Fsp3) is 0.421. The van der Waals surface area contributed by atoms with E-state index in [1.165, 1.54) is 0 Å². The number of methoxy groups -OCH3 is 1. The summed E-state index contributed by atoms with van der Waals surface area (Å²) in [6.45, 7) is 6.61. The molecule has 24 heavy (non-hydrogen) atoms. The number of benzene rings is 1. The summed E-state index contributed by atoms with van der Waals surface area (Å²) in [6, 6.07) is 11.9. The van der Waals surface area contributed by atoms with Crippen LogP contribution in [0.25, 0.3) is 0 Å². The Labute approximate surface area is 144 Å². The zero-order chi connectivity index (χ0) is 17.2. The molecular formula is C19H27N3O2. The monoisotopic (exact) mass is 329 g/mol. The van der Waals surface area contributed by atoms with E-state index < -0.39 is 0 Å². The third kappa shape index (κ3) is 6.36. The highest BCUT2D eigenvalue weighted by Crippen LogP contribution is 2.13. The summed E-state index contributed by atoms with van der Waals surface area (Å²) in [5.41, 5.74) is 1.12. The predicted molar refractivity (Wildman–Crippen MR) is 97.4 cm³/mol. The summed E-state index contributed by atoms with van der Waals surface area (Å²) in [5.74, 6) is 3.20. The van der Waals surface area contributed by atoms with Gasteiger partial charge in [-0.05, 0) is 35.7 Å². The van der Waals surface area contributed by atoms with Gasteiger partial charge >= 0.3 is 0 Å². The molecule has 2 rings (SSSR count). The molecule has 1 aromatic carbocycles. The molecule has 130 valence electrons. The van der Waals surface area contributed by atoms with Gasteiger partial charge in [-0.1, -0.05) is 26.0 Å². The number of hydrogen-bond acceptors (Lipinski definition) is 3. The second kappa shape index (κ2) is 9.65. The predicted octanol–water partition coefficient (Wildman–Crippen LogP) is 3.22. The minimum Gasteiger partial charge on any atom is -0.497 e. The van der Waals surface area contributed by atoms with Gasteiger partial charge in [0, 0.05) is 19.5 Å². The number of nitrogens with one attached hydrogen (secondary N) is 2. The van der Waals surface area contributed by atoms with E-state index in [9.17, 15) is 0 Å². The highest BCUT2D eigenvalue weighted by Gasteiger charge is 2.02. The highest BCUT2D eigenvalue weighted by molar-refractivity contribution is 5.79. The third-order valence-corrected chi connectivity index (χ3v) is 3.48. The van der Waals surface area contributed by atoms with E-state index in [4.69, 9.17) is 9.15 Å². The SMILES string of the molecule is COc1cccc(CN=C(NCCc2ccco2)NCC(C)C)c1. The van der Waals surface area contributed by atoms with Crippen LogP contribution < -0.4 is 15.4 Å². The molecular weight excluding hydrogens is 302 g/mol. The standard InChI is InChI=1S/C19H27N3O2/c1-15(2)13-21-19(20-10-9-17-8-5-11-24-17)22-14-16-6-4-7-18(12-16)23-3/h4-8,11-12,15H,9-10,13-14H2,1-3H3,(H2,20,21,22). The molecule has 0 bridgehead atoms. The number of ether oxygens (including phenoxy) is 1. The van der Waals surface area contributed by atoms with Crippen molar-refractivity contribution in [3.63, 3.8) is 0 Å². The summed E-state index contributed by atoms with van der Waals surface area (Å²) in [5, 5.41) is 6.74. The van der Waals surface area contributed by atoms with Gasteiger partial charge in [-0.3, -0.25) is 0 Å². The maximum Gasteiger partial charge on any atom is 0.191 e. The maximum atomic E-state index is 5.35. The van der Waals surface area contributed by atoms with Gasteiger partial charge in [-0.25, -0.2) is 4.99 Å². The first-order valence-electron chi connectivity index (χ1n) is 8.35. The number of furan rings is 1. The zero-order valence-corrected chi connectivity index (χ0v) is 14.7. The fourth-order valence-electron chi connectivity index (χ4n) is 2.18. The van der Waals surface area contributed by atoms with Gasteiger partial charge in [-0.15, -0.1) is 0 Å². The molecule has 0 radical (unpaired) electrons. The normalized spacial score (nSPS) is 11.6.